The van der Waals surface area contributed by atoms with Crippen molar-refractivity contribution in [1.82, 2.24) is 25.4 Å². The first-order valence-electron chi connectivity index (χ1n) is 7.84. The first-order chi connectivity index (χ1) is 12.1. The van der Waals surface area contributed by atoms with Gasteiger partial charge in [-0.25, -0.2) is 4.98 Å². The fourth-order valence-electron chi connectivity index (χ4n) is 2.42. The first-order valence-corrected chi connectivity index (χ1v) is 9.53. The van der Waals surface area contributed by atoms with Crippen LogP contribution in [-0.4, -0.2) is 25.4 Å². The Labute approximate surface area is 153 Å². The molecule has 0 bridgehead atoms. The molecule has 25 heavy (non-hydrogen) atoms. The molecule has 7 nitrogen and oxygen atoms in total. The van der Waals surface area contributed by atoms with E-state index in [-0.39, 0.29) is 0 Å². The van der Waals surface area contributed by atoms with Gasteiger partial charge in [-0.3, -0.25) is 0 Å². The van der Waals surface area contributed by atoms with Crippen LogP contribution in [0.5, 0.6) is 0 Å². The maximum atomic E-state index is 9.53. The van der Waals surface area contributed by atoms with Crippen LogP contribution < -0.4 is 0 Å². The molecule has 0 saturated heterocycles. The molecule has 0 amide bonds. The molecule has 3 aromatic heterocycles. The molecular formula is C16H16N6OS2. The third-order valence-electron chi connectivity index (χ3n) is 3.56. The minimum absolute atomic E-state index is 0.346. The number of rotatable bonds is 6. The van der Waals surface area contributed by atoms with Crippen LogP contribution >= 0.6 is 23.1 Å². The fraction of sp³-hybridized carbons (Fsp3) is 0.375. The molecule has 0 radical (unpaired) electrons. The van der Waals surface area contributed by atoms with Crippen molar-refractivity contribution < 1.29 is 4.42 Å². The van der Waals surface area contributed by atoms with Crippen LogP contribution in [0, 0.1) is 18.3 Å². The van der Waals surface area contributed by atoms with Crippen molar-refractivity contribution in [3.05, 3.63) is 38.8 Å². The minimum atomic E-state index is 0.346. The van der Waals surface area contributed by atoms with Crippen LogP contribution in [0.15, 0.2) is 20.0 Å². The van der Waals surface area contributed by atoms with E-state index in [1.54, 1.807) is 11.3 Å². The Morgan fingerprint density at radius 2 is 2.04 bits per heavy atom. The molecule has 3 rings (SSSR count). The number of hydrogen-bond acceptors (Lipinski definition) is 9. The van der Waals surface area contributed by atoms with Gasteiger partial charge in [0.1, 0.15) is 11.1 Å². The number of nitriles is 1. The van der Waals surface area contributed by atoms with Gasteiger partial charge in [0.2, 0.25) is 5.89 Å². The summed E-state index contributed by atoms with van der Waals surface area (Å²) in [6.07, 6.45) is 1.96. The quantitative estimate of drug-likeness (QED) is 0.649. The van der Waals surface area contributed by atoms with Gasteiger partial charge in [0.25, 0.3) is 5.22 Å². The molecule has 0 aliphatic heterocycles. The van der Waals surface area contributed by atoms with Gasteiger partial charge in [0.15, 0.2) is 0 Å². The van der Waals surface area contributed by atoms with Gasteiger partial charge >= 0.3 is 0 Å². The molecule has 0 spiro atoms. The van der Waals surface area contributed by atoms with Crippen molar-refractivity contribution in [2.45, 2.75) is 50.3 Å². The van der Waals surface area contributed by atoms with E-state index >= 15 is 0 Å². The predicted molar refractivity (Wildman–Crippen MR) is 93.6 cm³/mol. The highest BCUT2D eigenvalue weighted by Crippen LogP contribution is 2.30. The van der Waals surface area contributed by atoms with Crippen molar-refractivity contribution in [3.8, 4) is 6.07 Å². The number of aryl methyl sites for hydroxylation is 2. The Morgan fingerprint density at radius 3 is 2.68 bits per heavy atom. The van der Waals surface area contributed by atoms with Gasteiger partial charge in [-0.15, -0.1) is 26.6 Å². The molecule has 3 heterocycles. The minimum Gasteiger partial charge on any atom is -0.415 e. The second-order valence-electron chi connectivity index (χ2n) is 5.22. The Bertz CT molecular complexity index is 927. The lowest BCUT2D eigenvalue weighted by molar-refractivity contribution is 0.419. The molecule has 0 saturated carbocycles. The van der Waals surface area contributed by atoms with E-state index in [4.69, 9.17) is 4.42 Å². The van der Waals surface area contributed by atoms with Gasteiger partial charge in [0, 0.05) is 5.38 Å². The Kier molecular flexibility index (Phi) is 5.40. The van der Waals surface area contributed by atoms with E-state index in [9.17, 15) is 5.26 Å². The van der Waals surface area contributed by atoms with Crippen LogP contribution in [0.2, 0.25) is 0 Å². The van der Waals surface area contributed by atoms with E-state index in [1.807, 2.05) is 26.2 Å². The maximum absolute atomic E-state index is 9.53. The molecule has 3 aromatic rings. The van der Waals surface area contributed by atoms with Gasteiger partial charge in [-0.05, 0) is 37.1 Å². The number of thiazole rings is 1. The Morgan fingerprint density at radius 1 is 1.20 bits per heavy atom. The summed E-state index contributed by atoms with van der Waals surface area (Å²) in [5.74, 6) is 0.486. The molecule has 0 unspecified atom stereocenters. The second-order valence-corrected chi connectivity index (χ2v) is 7.23. The molecule has 0 atom stereocenters. The summed E-state index contributed by atoms with van der Waals surface area (Å²) < 4.78 is 5.66. The molecule has 0 aliphatic rings. The molecular weight excluding hydrogens is 356 g/mol. The van der Waals surface area contributed by atoms with Gasteiger partial charge < -0.3 is 4.42 Å². The highest BCUT2D eigenvalue weighted by molar-refractivity contribution is 7.99. The van der Waals surface area contributed by atoms with E-state index in [2.05, 4.69) is 31.4 Å². The monoisotopic (exact) mass is 372 g/mol. The lowest BCUT2D eigenvalue weighted by Gasteiger charge is -2.08. The zero-order valence-electron chi connectivity index (χ0n) is 14.1. The van der Waals surface area contributed by atoms with Crippen LogP contribution in [0.4, 0.5) is 0 Å². The van der Waals surface area contributed by atoms with E-state index in [1.165, 1.54) is 11.8 Å². The van der Waals surface area contributed by atoms with Crippen molar-refractivity contribution in [3.63, 3.8) is 0 Å². The van der Waals surface area contributed by atoms with Crippen molar-refractivity contribution in [2.24, 2.45) is 0 Å². The molecule has 0 N–H and O–H groups in total. The number of aromatic nitrogens is 5. The first kappa shape index (κ1) is 17.5. The Balaban J connectivity index is 1.82. The lowest BCUT2D eigenvalue weighted by Crippen LogP contribution is -2.04. The Hall–Kier alpha value is -2.31. The van der Waals surface area contributed by atoms with Gasteiger partial charge in [-0.2, -0.15) is 10.4 Å². The lowest BCUT2D eigenvalue weighted by atomic mass is 10.1. The molecule has 9 heteroatoms. The summed E-state index contributed by atoms with van der Waals surface area (Å²) in [6.45, 7) is 5.96. The summed E-state index contributed by atoms with van der Waals surface area (Å²) in [5, 5.41) is 29.8. The van der Waals surface area contributed by atoms with E-state index < -0.39 is 0 Å². The SMILES string of the molecule is CCc1nnc(Sc2nnc(Cc3csc(C)n3)o2)c(C#N)c1CC. The average molecular weight is 372 g/mol. The third-order valence-corrected chi connectivity index (χ3v) is 5.20. The van der Waals surface area contributed by atoms with Crippen molar-refractivity contribution in [1.29, 1.82) is 5.26 Å². The van der Waals surface area contributed by atoms with Crippen LogP contribution in [0.3, 0.4) is 0 Å². The largest absolute Gasteiger partial charge is 0.415 e. The average Bonchev–Trinajstić information content (AvgIpc) is 3.23. The normalized spacial score (nSPS) is 10.8. The predicted octanol–water partition coefficient (Wildman–Crippen LogP) is 3.36. The van der Waals surface area contributed by atoms with E-state index in [0.717, 1.165) is 34.8 Å². The van der Waals surface area contributed by atoms with Gasteiger partial charge in [-0.1, -0.05) is 13.8 Å². The fourth-order valence-corrected chi connectivity index (χ4v) is 3.77. The van der Waals surface area contributed by atoms with Crippen LogP contribution in [0.25, 0.3) is 0 Å². The van der Waals surface area contributed by atoms with Gasteiger partial charge in [0.05, 0.1) is 28.4 Å². The standard InChI is InChI=1S/C16H16N6OS2/c1-4-11-12(7-17)15(21-19-13(11)5-2)25-16-22-20-14(23-16)6-10-8-24-9(3)18-10/h8H,4-6H2,1-3H3. The van der Waals surface area contributed by atoms with Crippen LogP contribution in [-0.2, 0) is 19.3 Å². The molecule has 0 aromatic carbocycles. The zero-order chi connectivity index (χ0) is 17.8. The zero-order valence-corrected chi connectivity index (χ0v) is 15.7. The topological polar surface area (TPSA) is 101 Å². The summed E-state index contributed by atoms with van der Waals surface area (Å²) in [6, 6.07) is 2.24. The second kappa shape index (κ2) is 7.72. The number of hydrogen-bond donors (Lipinski definition) is 0. The van der Waals surface area contributed by atoms with Crippen LogP contribution in [0.1, 0.15) is 47.3 Å². The summed E-state index contributed by atoms with van der Waals surface area (Å²) in [4.78, 5) is 4.39. The van der Waals surface area contributed by atoms with E-state index in [0.29, 0.717) is 28.1 Å². The number of nitrogens with zero attached hydrogens (tertiary/aromatic N) is 6. The van der Waals surface area contributed by atoms with Crippen molar-refractivity contribution >= 4 is 23.1 Å². The molecule has 0 aliphatic carbocycles. The highest BCUT2D eigenvalue weighted by atomic mass is 32.2. The molecule has 128 valence electrons. The third kappa shape index (κ3) is 3.86. The summed E-state index contributed by atoms with van der Waals surface area (Å²) >= 11 is 2.75. The summed E-state index contributed by atoms with van der Waals surface area (Å²) in [7, 11) is 0. The highest BCUT2D eigenvalue weighted by Gasteiger charge is 2.18. The smallest absolute Gasteiger partial charge is 0.283 e. The molecule has 0 fully saturated rings. The summed E-state index contributed by atoms with van der Waals surface area (Å²) in [5.41, 5.74) is 3.23. The maximum Gasteiger partial charge on any atom is 0.283 e. The van der Waals surface area contributed by atoms with Crippen molar-refractivity contribution in [2.75, 3.05) is 0 Å².